The molecule has 0 radical (unpaired) electrons. The highest BCUT2D eigenvalue weighted by Crippen LogP contribution is 2.32. The van der Waals surface area contributed by atoms with Crippen LogP contribution in [0.2, 0.25) is 5.02 Å². The van der Waals surface area contributed by atoms with E-state index in [1.54, 1.807) is 0 Å². The number of hydrogen-bond acceptors (Lipinski definition) is 2. The zero-order valence-electron chi connectivity index (χ0n) is 10.0. The fourth-order valence-electron chi connectivity index (χ4n) is 2.44. The first-order chi connectivity index (χ1) is 8.22. The fourth-order valence-corrected chi connectivity index (χ4v) is 3.13. The summed E-state index contributed by atoms with van der Waals surface area (Å²) in [5, 5.41) is 4.21. The maximum Gasteiger partial charge on any atom is 0.0410 e. The molecular weight excluding hydrogens is 300 g/mol. The second-order valence-electron chi connectivity index (χ2n) is 4.38. The van der Waals surface area contributed by atoms with Crippen molar-refractivity contribution in [2.45, 2.75) is 19.4 Å². The minimum atomic E-state index is 0.463. The van der Waals surface area contributed by atoms with Crippen molar-refractivity contribution in [1.82, 2.24) is 10.2 Å². The van der Waals surface area contributed by atoms with E-state index in [1.807, 2.05) is 12.1 Å². The van der Waals surface area contributed by atoms with Crippen LogP contribution in [0.5, 0.6) is 0 Å². The van der Waals surface area contributed by atoms with E-state index in [4.69, 9.17) is 11.6 Å². The monoisotopic (exact) mass is 316 g/mol. The Morgan fingerprint density at radius 2 is 2.12 bits per heavy atom. The summed E-state index contributed by atoms with van der Waals surface area (Å²) in [4.78, 5) is 2.53. The predicted molar refractivity (Wildman–Crippen MR) is 76.6 cm³/mol. The average Bonchev–Trinajstić information content (AvgIpc) is 2.36. The van der Waals surface area contributed by atoms with Crippen LogP contribution in [0.4, 0.5) is 0 Å². The van der Waals surface area contributed by atoms with Crippen LogP contribution in [0.25, 0.3) is 0 Å². The molecule has 0 saturated carbocycles. The molecule has 1 aliphatic heterocycles. The van der Waals surface area contributed by atoms with Crippen molar-refractivity contribution in [2.24, 2.45) is 0 Å². The largest absolute Gasteiger partial charge is 0.314 e. The number of piperazine rings is 1. The first-order valence-corrected chi connectivity index (χ1v) is 7.29. The van der Waals surface area contributed by atoms with E-state index in [0.717, 1.165) is 42.1 Å². The second kappa shape index (κ2) is 6.19. The third-order valence-electron chi connectivity index (χ3n) is 3.30. The number of rotatable bonds is 3. The third-order valence-corrected chi connectivity index (χ3v) is 4.25. The Bertz CT molecular complexity index is 378. The molecule has 0 spiro atoms. The summed E-state index contributed by atoms with van der Waals surface area (Å²) in [7, 11) is 0. The van der Waals surface area contributed by atoms with Crippen LogP contribution in [0.15, 0.2) is 22.7 Å². The summed E-state index contributed by atoms with van der Waals surface area (Å²) in [6, 6.07) is 6.52. The lowest BCUT2D eigenvalue weighted by Crippen LogP contribution is -2.45. The Kier molecular flexibility index (Phi) is 4.86. The number of nitrogens with one attached hydrogen (secondary N) is 1. The van der Waals surface area contributed by atoms with E-state index in [2.05, 4.69) is 39.1 Å². The van der Waals surface area contributed by atoms with Crippen molar-refractivity contribution in [2.75, 3.05) is 26.2 Å². The van der Waals surface area contributed by atoms with Crippen molar-refractivity contribution in [3.05, 3.63) is 33.3 Å². The van der Waals surface area contributed by atoms with E-state index in [-0.39, 0.29) is 0 Å². The van der Waals surface area contributed by atoms with E-state index in [1.165, 1.54) is 5.56 Å². The van der Waals surface area contributed by atoms with Crippen LogP contribution < -0.4 is 5.32 Å². The van der Waals surface area contributed by atoms with Crippen molar-refractivity contribution in [1.29, 1.82) is 0 Å². The van der Waals surface area contributed by atoms with Crippen LogP contribution >= 0.6 is 27.5 Å². The van der Waals surface area contributed by atoms with Crippen molar-refractivity contribution < 1.29 is 0 Å². The van der Waals surface area contributed by atoms with Gasteiger partial charge in [0.2, 0.25) is 0 Å². The lowest BCUT2D eigenvalue weighted by molar-refractivity contribution is 0.169. The minimum absolute atomic E-state index is 0.463. The molecule has 0 bridgehead atoms. The number of hydrogen-bond donors (Lipinski definition) is 1. The molecule has 1 atom stereocenters. The van der Waals surface area contributed by atoms with Gasteiger partial charge in [0.05, 0.1) is 0 Å². The maximum absolute atomic E-state index is 6.11. The lowest BCUT2D eigenvalue weighted by Gasteiger charge is -2.35. The Balaban J connectivity index is 2.24. The molecule has 0 aromatic heterocycles. The molecule has 17 heavy (non-hydrogen) atoms. The van der Waals surface area contributed by atoms with Crippen molar-refractivity contribution in [3.8, 4) is 0 Å². The summed E-state index contributed by atoms with van der Waals surface area (Å²) in [6.07, 6.45) is 1.11. The molecule has 1 fully saturated rings. The summed E-state index contributed by atoms with van der Waals surface area (Å²) in [6.45, 7) is 6.61. The number of nitrogens with zero attached hydrogens (tertiary/aromatic N) is 1. The average molecular weight is 318 g/mol. The standard InChI is InChI=1S/C13H18BrClN2/c1-2-13(17-7-5-16-6-8-17)11-9-10(15)3-4-12(11)14/h3-4,9,13,16H,2,5-8H2,1H3/t13-/m0/s1. The topological polar surface area (TPSA) is 15.3 Å². The molecule has 2 nitrogen and oxygen atoms in total. The second-order valence-corrected chi connectivity index (χ2v) is 5.67. The Hall–Kier alpha value is -0.0900. The zero-order chi connectivity index (χ0) is 12.3. The highest BCUT2D eigenvalue weighted by atomic mass is 79.9. The van der Waals surface area contributed by atoms with E-state index >= 15 is 0 Å². The highest BCUT2D eigenvalue weighted by Gasteiger charge is 2.22. The van der Waals surface area contributed by atoms with Gasteiger partial charge in [-0.05, 0) is 30.2 Å². The van der Waals surface area contributed by atoms with Crippen LogP contribution in [-0.2, 0) is 0 Å². The van der Waals surface area contributed by atoms with Crippen LogP contribution in [-0.4, -0.2) is 31.1 Å². The zero-order valence-corrected chi connectivity index (χ0v) is 12.4. The molecule has 94 valence electrons. The van der Waals surface area contributed by atoms with Gasteiger partial charge in [0.1, 0.15) is 0 Å². The van der Waals surface area contributed by atoms with Gasteiger partial charge in [-0.15, -0.1) is 0 Å². The van der Waals surface area contributed by atoms with Gasteiger partial charge in [-0.25, -0.2) is 0 Å². The first kappa shape index (κ1) is 13.3. The molecule has 1 aliphatic rings. The van der Waals surface area contributed by atoms with Crippen LogP contribution in [0.1, 0.15) is 24.9 Å². The lowest BCUT2D eigenvalue weighted by atomic mass is 10.0. The molecule has 0 unspecified atom stereocenters. The first-order valence-electron chi connectivity index (χ1n) is 6.12. The molecule has 1 saturated heterocycles. The van der Waals surface area contributed by atoms with Crippen LogP contribution in [0.3, 0.4) is 0 Å². The van der Waals surface area contributed by atoms with Gasteiger partial charge in [0.25, 0.3) is 0 Å². The SMILES string of the molecule is CC[C@@H](c1cc(Cl)ccc1Br)N1CCNCC1. The minimum Gasteiger partial charge on any atom is -0.314 e. The van der Waals surface area contributed by atoms with E-state index in [9.17, 15) is 0 Å². The van der Waals surface area contributed by atoms with Gasteiger partial charge in [-0.1, -0.05) is 34.5 Å². The van der Waals surface area contributed by atoms with Crippen molar-refractivity contribution in [3.63, 3.8) is 0 Å². The molecular formula is C13H18BrClN2. The Morgan fingerprint density at radius 3 is 2.76 bits per heavy atom. The van der Waals surface area contributed by atoms with Gasteiger partial charge < -0.3 is 5.32 Å². The molecule has 2 rings (SSSR count). The highest BCUT2D eigenvalue weighted by molar-refractivity contribution is 9.10. The van der Waals surface area contributed by atoms with Crippen LogP contribution in [0, 0.1) is 0 Å². The number of benzene rings is 1. The van der Waals surface area contributed by atoms with Gasteiger partial charge in [0, 0.05) is 41.7 Å². The van der Waals surface area contributed by atoms with Crippen molar-refractivity contribution >= 4 is 27.5 Å². The Labute approximate surface area is 116 Å². The Morgan fingerprint density at radius 1 is 1.41 bits per heavy atom. The van der Waals surface area contributed by atoms with Gasteiger partial charge in [-0.2, -0.15) is 0 Å². The summed E-state index contributed by atoms with van der Waals surface area (Å²) in [5.74, 6) is 0. The summed E-state index contributed by atoms with van der Waals surface area (Å²) in [5.41, 5.74) is 1.31. The molecule has 1 aromatic carbocycles. The van der Waals surface area contributed by atoms with Gasteiger partial charge in [0.15, 0.2) is 0 Å². The normalized spacial score (nSPS) is 19.2. The summed E-state index contributed by atoms with van der Waals surface area (Å²) >= 11 is 9.74. The van der Waals surface area contributed by atoms with Gasteiger partial charge in [-0.3, -0.25) is 4.90 Å². The molecule has 0 amide bonds. The quantitative estimate of drug-likeness (QED) is 0.918. The van der Waals surface area contributed by atoms with E-state index < -0.39 is 0 Å². The fraction of sp³-hybridized carbons (Fsp3) is 0.538. The number of halogens is 2. The predicted octanol–water partition coefficient (Wildman–Crippen LogP) is 3.46. The van der Waals surface area contributed by atoms with E-state index in [0.29, 0.717) is 6.04 Å². The maximum atomic E-state index is 6.11. The summed E-state index contributed by atoms with van der Waals surface area (Å²) < 4.78 is 1.16. The molecule has 4 heteroatoms. The molecule has 1 aromatic rings. The van der Waals surface area contributed by atoms with Gasteiger partial charge >= 0.3 is 0 Å². The molecule has 1 N–H and O–H groups in total. The molecule has 1 heterocycles. The smallest absolute Gasteiger partial charge is 0.0410 e. The molecule has 0 aliphatic carbocycles. The third kappa shape index (κ3) is 3.22.